The molecule has 1 rings (SSSR count). The van der Waals surface area contributed by atoms with E-state index in [1.165, 1.54) is 7.11 Å². The van der Waals surface area contributed by atoms with Crippen molar-refractivity contribution in [3.63, 3.8) is 0 Å². The Morgan fingerprint density at radius 2 is 2.62 bits per heavy atom. The molecular formula is C8H16N2O3. The van der Waals surface area contributed by atoms with Crippen molar-refractivity contribution in [1.82, 2.24) is 10.6 Å². The number of ether oxygens (including phenoxy) is 2. The SMILES string of the molecule is COCC(=O)NC[C@@H]1CNCCO1. The van der Waals surface area contributed by atoms with E-state index in [0.717, 1.165) is 13.1 Å². The lowest BCUT2D eigenvalue weighted by Gasteiger charge is -2.23. The van der Waals surface area contributed by atoms with Crippen molar-refractivity contribution in [1.29, 1.82) is 0 Å². The maximum atomic E-state index is 11.0. The molecular weight excluding hydrogens is 172 g/mol. The fourth-order valence-corrected chi connectivity index (χ4v) is 1.16. The Morgan fingerprint density at radius 3 is 3.23 bits per heavy atom. The monoisotopic (exact) mass is 188 g/mol. The Bertz CT molecular complexity index is 157. The molecule has 0 saturated carbocycles. The van der Waals surface area contributed by atoms with Gasteiger partial charge in [0.25, 0.3) is 0 Å². The van der Waals surface area contributed by atoms with E-state index in [1.54, 1.807) is 0 Å². The largest absolute Gasteiger partial charge is 0.375 e. The van der Waals surface area contributed by atoms with E-state index >= 15 is 0 Å². The summed E-state index contributed by atoms with van der Waals surface area (Å²) >= 11 is 0. The minimum atomic E-state index is -0.100. The van der Waals surface area contributed by atoms with E-state index in [2.05, 4.69) is 15.4 Å². The first-order valence-electron chi connectivity index (χ1n) is 4.41. The van der Waals surface area contributed by atoms with E-state index in [9.17, 15) is 4.79 Å². The zero-order valence-electron chi connectivity index (χ0n) is 7.84. The second-order valence-corrected chi connectivity index (χ2v) is 2.93. The van der Waals surface area contributed by atoms with Crippen molar-refractivity contribution in [3.8, 4) is 0 Å². The van der Waals surface area contributed by atoms with Crippen LogP contribution in [0.5, 0.6) is 0 Å². The Morgan fingerprint density at radius 1 is 1.77 bits per heavy atom. The number of nitrogens with one attached hydrogen (secondary N) is 2. The maximum absolute atomic E-state index is 11.0. The van der Waals surface area contributed by atoms with Gasteiger partial charge in [0.2, 0.25) is 5.91 Å². The third-order valence-electron chi connectivity index (χ3n) is 1.81. The number of methoxy groups -OCH3 is 1. The summed E-state index contributed by atoms with van der Waals surface area (Å²) < 4.78 is 10.1. The zero-order chi connectivity index (χ0) is 9.52. The minimum absolute atomic E-state index is 0.0922. The molecule has 0 radical (unpaired) electrons. The quantitative estimate of drug-likeness (QED) is 0.578. The highest BCUT2D eigenvalue weighted by molar-refractivity contribution is 5.77. The first-order chi connectivity index (χ1) is 6.33. The molecule has 1 saturated heterocycles. The van der Waals surface area contributed by atoms with Crippen LogP contribution in [0.15, 0.2) is 0 Å². The van der Waals surface area contributed by atoms with Crippen molar-refractivity contribution in [2.75, 3.05) is 40.0 Å². The minimum Gasteiger partial charge on any atom is -0.375 e. The maximum Gasteiger partial charge on any atom is 0.246 e. The predicted octanol–water partition coefficient (Wildman–Crippen LogP) is -1.26. The molecule has 1 heterocycles. The number of rotatable bonds is 4. The van der Waals surface area contributed by atoms with Crippen LogP contribution >= 0.6 is 0 Å². The predicted molar refractivity (Wildman–Crippen MR) is 47.5 cm³/mol. The van der Waals surface area contributed by atoms with Crippen LogP contribution in [0.3, 0.4) is 0 Å². The molecule has 0 aliphatic carbocycles. The van der Waals surface area contributed by atoms with Crippen LogP contribution in [0.2, 0.25) is 0 Å². The molecule has 1 fully saturated rings. The van der Waals surface area contributed by atoms with E-state index in [4.69, 9.17) is 4.74 Å². The summed E-state index contributed by atoms with van der Waals surface area (Å²) in [5.41, 5.74) is 0. The number of carbonyl (C=O) groups excluding carboxylic acids is 1. The molecule has 5 nitrogen and oxygen atoms in total. The van der Waals surface area contributed by atoms with Gasteiger partial charge in [0, 0.05) is 26.7 Å². The third-order valence-corrected chi connectivity index (χ3v) is 1.81. The van der Waals surface area contributed by atoms with Gasteiger partial charge in [-0.15, -0.1) is 0 Å². The second-order valence-electron chi connectivity index (χ2n) is 2.93. The Kier molecular flexibility index (Phi) is 4.74. The molecule has 0 bridgehead atoms. The van der Waals surface area contributed by atoms with Crippen molar-refractivity contribution in [3.05, 3.63) is 0 Å². The highest BCUT2D eigenvalue weighted by Gasteiger charge is 2.13. The summed E-state index contributed by atoms with van der Waals surface area (Å²) in [7, 11) is 1.50. The molecule has 0 unspecified atom stereocenters. The average Bonchev–Trinajstić information content (AvgIpc) is 2.17. The van der Waals surface area contributed by atoms with E-state index in [0.29, 0.717) is 13.2 Å². The van der Waals surface area contributed by atoms with Crippen LogP contribution < -0.4 is 10.6 Å². The Balaban J connectivity index is 2.06. The van der Waals surface area contributed by atoms with Crippen LogP contribution in [0, 0.1) is 0 Å². The molecule has 1 aliphatic heterocycles. The molecule has 0 aromatic carbocycles. The second kappa shape index (κ2) is 5.90. The molecule has 1 amide bonds. The molecule has 76 valence electrons. The Labute approximate surface area is 77.8 Å². The lowest BCUT2D eigenvalue weighted by molar-refractivity contribution is -0.125. The van der Waals surface area contributed by atoms with E-state index in [-0.39, 0.29) is 18.6 Å². The van der Waals surface area contributed by atoms with Crippen LogP contribution in [-0.4, -0.2) is 52.0 Å². The standard InChI is InChI=1S/C8H16N2O3/c1-12-6-8(11)10-5-7-4-9-2-3-13-7/h7,9H,2-6H2,1H3,(H,10,11)/t7-/m0/s1. The lowest BCUT2D eigenvalue weighted by atomic mass is 10.3. The molecule has 0 aromatic heterocycles. The van der Waals surface area contributed by atoms with Gasteiger partial charge in [-0.2, -0.15) is 0 Å². The van der Waals surface area contributed by atoms with Gasteiger partial charge in [-0.1, -0.05) is 0 Å². The Hall–Kier alpha value is -0.650. The number of amides is 1. The van der Waals surface area contributed by atoms with Crippen molar-refractivity contribution in [2.45, 2.75) is 6.10 Å². The van der Waals surface area contributed by atoms with Gasteiger partial charge in [-0.05, 0) is 0 Å². The van der Waals surface area contributed by atoms with Crippen LogP contribution in [0.1, 0.15) is 0 Å². The summed E-state index contributed by atoms with van der Waals surface area (Å²) in [5.74, 6) is -0.100. The number of carbonyl (C=O) groups is 1. The first kappa shape index (κ1) is 10.4. The van der Waals surface area contributed by atoms with Crippen molar-refractivity contribution < 1.29 is 14.3 Å². The van der Waals surface area contributed by atoms with Gasteiger partial charge in [-0.25, -0.2) is 0 Å². The normalized spacial score (nSPS) is 22.7. The highest BCUT2D eigenvalue weighted by atomic mass is 16.5. The van der Waals surface area contributed by atoms with Gasteiger partial charge in [0.15, 0.2) is 0 Å². The van der Waals surface area contributed by atoms with E-state index in [1.807, 2.05) is 0 Å². The fraction of sp³-hybridized carbons (Fsp3) is 0.875. The van der Waals surface area contributed by atoms with Crippen molar-refractivity contribution in [2.24, 2.45) is 0 Å². The lowest BCUT2D eigenvalue weighted by Crippen LogP contribution is -2.45. The first-order valence-corrected chi connectivity index (χ1v) is 4.41. The fourth-order valence-electron chi connectivity index (χ4n) is 1.16. The van der Waals surface area contributed by atoms with Crippen molar-refractivity contribution >= 4 is 5.91 Å². The zero-order valence-corrected chi connectivity index (χ0v) is 7.84. The molecule has 13 heavy (non-hydrogen) atoms. The van der Waals surface area contributed by atoms with Gasteiger partial charge < -0.3 is 20.1 Å². The van der Waals surface area contributed by atoms with Gasteiger partial charge in [0.1, 0.15) is 6.61 Å². The average molecular weight is 188 g/mol. The van der Waals surface area contributed by atoms with Gasteiger partial charge in [-0.3, -0.25) is 4.79 Å². The molecule has 5 heteroatoms. The van der Waals surface area contributed by atoms with Crippen LogP contribution in [0.4, 0.5) is 0 Å². The smallest absolute Gasteiger partial charge is 0.246 e. The van der Waals surface area contributed by atoms with Crippen LogP contribution in [0.25, 0.3) is 0 Å². The van der Waals surface area contributed by atoms with Crippen LogP contribution in [-0.2, 0) is 14.3 Å². The highest BCUT2D eigenvalue weighted by Crippen LogP contribution is 1.93. The number of hydrogen-bond acceptors (Lipinski definition) is 4. The van der Waals surface area contributed by atoms with Gasteiger partial charge in [0.05, 0.1) is 12.7 Å². The number of hydrogen-bond donors (Lipinski definition) is 2. The van der Waals surface area contributed by atoms with Gasteiger partial charge >= 0.3 is 0 Å². The summed E-state index contributed by atoms with van der Waals surface area (Å²) in [6.45, 7) is 3.07. The molecule has 1 atom stereocenters. The summed E-state index contributed by atoms with van der Waals surface area (Å²) in [4.78, 5) is 11.0. The third kappa shape index (κ3) is 4.21. The molecule has 1 aliphatic rings. The topological polar surface area (TPSA) is 59.6 Å². The molecule has 2 N–H and O–H groups in total. The summed E-state index contributed by atoms with van der Waals surface area (Å²) in [6, 6.07) is 0. The van der Waals surface area contributed by atoms with E-state index < -0.39 is 0 Å². The number of morpholine rings is 1. The summed E-state index contributed by atoms with van der Waals surface area (Å²) in [6.07, 6.45) is 0.0922. The molecule has 0 spiro atoms. The summed E-state index contributed by atoms with van der Waals surface area (Å²) in [5, 5.41) is 5.91. The molecule has 0 aromatic rings.